The Morgan fingerprint density at radius 1 is 1.27 bits per heavy atom. The Morgan fingerprint density at radius 2 is 2.13 bits per heavy atom. The fourth-order valence-electron chi connectivity index (χ4n) is 3.32. The lowest BCUT2D eigenvalue weighted by Gasteiger charge is -2.07. The van der Waals surface area contributed by atoms with Crippen LogP contribution in [0.1, 0.15) is 23.0 Å². The van der Waals surface area contributed by atoms with Crippen LogP contribution in [-0.2, 0) is 13.6 Å². The van der Waals surface area contributed by atoms with E-state index in [1.54, 1.807) is 35.6 Å². The Kier molecular flexibility index (Phi) is 4.02. The highest BCUT2D eigenvalue weighted by molar-refractivity contribution is 6.14. The molecule has 0 radical (unpaired) electrons. The van der Waals surface area contributed by atoms with Gasteiger partial charge in [0.15, 0.2) is 5.65 Å². The van der Waals surface area contributed by atoms with Crippen LogP contribution in [0.4, 0.5) is 5.82 Å². The van der Waals surface area contributed by atoms with Gasteiger partial charge < -0.3 is 9.84 Å². The number of nitrogens with one attached hydrogen (secondary N) is 1. The molecule has 150 valence electrons. The maximum Gasteiger partial charge on any atom is 0.259 e. The summed E-state index contributed by atoms with van der Waals surface area (Å²) in [5, 5.41) is 16.7. The second-order valence-corrected chi connectivity index (χ2v) is 6.74. The predicted octanol–water partition coefficient (Wildman–Crippen LogP) is 2.34. The first-order valence-electron chi connectivity index (χ1n) is 9.30. The summed E-state index contributed by atoms with van der Waals surface area (Å²) in [5.41, 5.74) is 2.99. The summed E-state index contributed by atoms with van der Waals surface area (Å²) in [7, 11) is 1.77. The van der Waals surface area contributed by atoms with E-state index in [1.807, 2.05) is 19.2 Å². The molecule has 30 heavy (non-hydrogen) atoms. The van der Waals surface area contributed by atoms with Crippen molar-refractivity contribution in [2.75, 3.05) is 5.32 Å². The molecule has 0 saturated carbocycles. The highest BCUT2D eigenvalue weighted by Gasteiger charge is 2.21. The number of hydrogen-bond acceptors (Lipinski definition) is 8. The first kappa shape index (κ1) is 17.9. The minimum Gasteiger partial charge on any atom is -0.335 e. The van der Waals surface area contributed by atoms with Crippen LogP contribution in [0.2, 0.25) is 0 Å². The predicted molar refractivity (Wildman–Crippen MR) is 108 cm³/mol. The summed E-state index contributed by atoms with van der Waals surface area (Å²) in [5.74, 6) is 0.00251. The van der Waals surface area contributed by atoms with E-state index in [1.165, 1.54) is 6.33 Å². The van der Waals surface area contributed by atoms with Crippen LogP contribution < -0.4 is 5.32 Å². The Hall–Kier alpha value is -4.15. The number of aromatic nitrogens is 8. The van der Waals surface area contributed by atoms with Crippen LogP contribution in [0.15, 0.2) is 35.4 Å². The Labute approximate surface area is 169 Å². The van der Waals surface area contributed by atoms with E-state index < -0.39 is 0 Å². The van der Waals surface area contributed by atoms with E-state index in [0.717, 1.165) is 6.54 Å². The van der Waals surface area contributed by atoms with Gasteiger partial charge in [0.2, 0.25) is 0 Å². The molecule has 0 fully saturated rings. The van der Waals surface area contributed by atoms with Crippen molar-refractivity contribution in [3.63, 3.8) is 0 Å². The molecule has 0 aliphatic rings. The summed E-state index contributed by atoms with van der Waals surface area (Å²) in [6.07, 6.45) is 4.85. The van der Waals surface area contributed by atoms with E-state index in [9.17, 15) is 4.79 Å². The van der Waals surface area contributed by atoms with Gasteiger partial charge in [0.1, 0.15) is 17.8 Å². The molecule has 5 aromatic heterocycles. The molecular weight excluding hydrogens is 386 g/mol. The number of hydrogen-bond donors (Lipinski definition) is 1. The smallest absolute Gasteiger partial charge is 0.259 e. The van der Waals surface area contributed by atoms with Crippen molar-refractivity contribution in [2.24, 2.45) is 7.05 Å². The van der Waals surface area contributed by atoms with Crippen molar-refractivity contribution in [2.45, 2.75) is 20.4 Å². The molecule has 0 bridgehead atoms. The number of aryl methyl sites for hydroxylation is 3. The standard InChI is InChI=1S/C19H17N9O2/c1-4-28-6-5-13(25-28)14-7-11(15-10(2)26-30-19(15)23-14)18(29)24-16-12-8-22-27(3)17(12)21-9-20-16/h5-9H,4H2,1-3H3,(H,20,21,24,29). The largest absolute Gasteiger partial charge is 0.335 e. The van der Waals surface area contributed by atoms with E-state index in [0.29, 0.717) is 44.9 Å². The van der Waals surface area contributed by atoms with Crippen LogP contribution in [0.3, 0.4) is 0 Å². The fourth-order valence-corrected chi connectivity index (χ4v) is 3.32. The first-order valence-corrected chi connectivity index (χ1v) is 9.30. The molecular formula is C19H17N9O2. The normalized spacial score (nSPS) is 11.4. The number of rotatable bonds is 4. The Morgan fingerprint density at radius 3 is 2.93 bits per heavy atom. The van der Waals surface area contributed by atoms with Crippen LogP contribution >= 0.6 is 0 Å². The molecule has 11 nitrogen and oxygen atoms in total. The number of fused-ring (bicyclic) bond motifs is 2. The monoisotopic (exact) mass is 403 g/mol. The number of pyridine rings is 1. The second-order valence-electron chi connectivity index (χ2n) is 6.74. The van der Waals surface area contributed by atoms with Gasteiger partial charge in [-0.05, 0) is 26.0 Å². The van der Waals surface area contributed by atoms with E-state index >= 15 is 0 Å². The van der Waals surface area contributed by atoms with Gasteiger partial charge in [0, 0.05) is 19.8 Å². The number of carbonyl (C=O) groups excluding carboxylic acids is 1. The van der Waals surface area contributed by atoms with Crippen molar-refractivity contribution >= 4 is 33.9 Å². The highest BCUT2D eigenvalue weighted by Crippen LogP contribution is 2.27. The van der Waals surface area contributed by atoms with Crippen LogP contribution in [0.25, 0.3) is 33.5 Å². The quantitative estimate of drug-likeness (QED) is 0.484. The molecule has 0 aliphatic heterocycles. The van der Waals surface area contributed by atoms with Gasteiger partial charge in [0.05, 0.1) is 33.9 Å². The number of carbonyl (C=O) groups is 1. The van der Waals surface area contributed by atoms with Crippen molar-refractivity contribution in [1.29, 1.82) is 0 Å². The average Bonchev–Trinajstić information content (AvgIpc) is 3.47. The van der Waals surface area contributed by atoms with E-state index in [-0.39, 0.29) is 11.6 Å². The van der Waals surface area contributed by atoms with Gasteiger partial charge in [-0.1, -0.05) is 5.16 Å². The molecule has 0 atom stereocenters. The summed E-state index contributed by atoms with van der Waals surface area (Å²) < 4.78 is 8.74. The van der Waals surface area contributed by atoms with Gasteiger partial charge in [-0.2, -0.15) is 10.2 Å². The summed E-state index contributed by atoms with van der Waals surface area (Å²) in [4.78, 5) is 26.1. The zero-order valence-electron chi connectivity index (χ0n) is 16.5. The molecule has 5 rings (SSSR count). The summed E-state index contributed by atoms with van der Waals surface area (Å²) in [6.45, 7) is 4.48. The van der Waals surface area contributed by atoms with Gasteiger partial charge in [-0.3, -0.25) is 14.2 Å². The molecule has 1 N–H and O–H groups in total. The number of amides is 1. The van der Waals surface area contributed by atoms with Crippen LogP contribution in [0.5, 0.6) is 0 Å². The lowest BCUT2D eigenvalue weighted by molar-refractivity contribution is 0.102. The lowest BCUT2D eigenvalue weighted by Crippen LogP contribution is -2.14. The summed E-state index contributed by atoms with van der Waals surface area (Å²) in [6, 6.07) is 3.53. The Balaban J connectivity index is 1.61. The molecule has 0 aliphatic carbocycles. The lowest BCUT2D eigenvalue weighted by atomic mass is 10.1. The molecule has 1 amide bonds. The van der Waals surface area contributed by atoms with Crippen molar-refractivity contribution in [3.8, 4) is 11.4 Å². The number of anilines is 1. The third kappa shape index (κ3) is 2.79. The summed E-state index contributed by atoms with van der Waals surface area (Å²) >= 11 is 0. The van der Waals surface area contributed by atoms with Crippen molar-refractivity contribution in [1.82, 2.24) is 39.7 Å². The molecule has 0 aromatic carbocycles. The zero-order valence-corrected chi connectivity index (χ0v) is 16.5. The minimum atomic E-state index is -0.367. The molecule has 0 unspecified atom stereocenters. The topological polar surface area (TPSA) is 129 Å². The highest BCUT2D eigenvalue weighted by atomic mass is 16.5. The third-order valence-corrected chi connectivity index (χ3v) is 4.85. The maximum absolute atomic E-state index is 13.3. The van der Waals surface area contributed by atoms with Crippen LogP contribution in [0, 0.1) is 6.92 Å². The van der Waals surface area contributed by atoms with Gasteiger partial charge >= 0.3 is 0 Å². The molecule has 0 spiro atoms. The first-order chi connectivity index (χ1) is 14.5. The van der Waals surface area contributed by atoms with Crippen molar-refractivity contribution in [3.05, 3.63) is 42.1 Å². The molecule has 0 saturated heterocycles. The second kappa shape index (κ2) is 6.72. The Bertz CT molecular complexity index is 1410. The third-order valence-electron chi connectivity index (χ3n) is 4.85. The van der Waals surface area contributed by atoms with E-state index in [4.69, 9.17) is 4.52 Å². The maximum atomic E-state index is 13.3. The SMILES string of the molecule is CCn1ccc(-c2cc(C(=O)Nc3ncnc4c3cnn4C)c3c(C)noc3n2)n1. The molecule has 11 heteroatoms. The zero-order chi connectivity index (χ0) is 20.8. The van der Waals surface area contributed by atoms with Gasteiger partial charge in [0.25, 0.3) is 11.6 Å². The van der Waals surface area contributed by atoms with Gasteiger partial charge in [-0.15, -0.1) is 0 Å². The number of nitrogens with zero attached hydrogens (tertiary/aromatic N) is 8. The fraction of sp³-hybridized carbons (Fsp3) is 0.211. The molecule has 5 aromatic rings. The van der Waals surface area contributed by atoms with E-state index in [2.05, 4.69) is 35.6 Å². The van der Waals surface area contributed by atoms with Crippen LogP contribution in [-0.4, -0.2) is 45.6 Å². The van der Waals surface area contributed by atoms with Gasteiger partial charge in [-0.25, -0.2) is 15.0 Å². The van der Waals surface area contributed by atoms with Crippen molar-refractivity contribution < 1.29 is 9.32 Å². The molecule has 5 heterocycles. The minimum absolute atomic E-state index is 0.274. The average molecular weight is 403 g/mol.